The van der Waals surface area contributed by atoms with Gasteiger partial charge in [0.05, 0.1) is 18.8 Å². The molecule has 1 amide bonds. The van der Waals surface area contributed by atoms with Gasteiger partial charge in [-0.15, -0.1) is 0 Å². The van der Waals surface area contributed by atoms with Crippen LogP contribution < -0.4 is 5.32 Å². The van der Waals surface area contributed by atoms with E-state index in [9.17, 15) is 4.79 Å². The van der Waals surface area contributed by atoms with Gasteiger partial charge in [-0.05, 0) is 27.8 Å². The predicted molar refractivity (Wildman–Crippen MR) is 81.8 cm³/mol. The van der Waals surface area contributed by atoms with Crippen molar-refractivity contribution in [1.29, 1.82) is 0 Å². The molecule has 1 rings (SSSR count). The smallest absolute Gasteiger partial charge is 0.239 e. The summed E-state index contributed by atoms with van der Waals surface area (Å²) in [7, 11) is 2.09. The Morgan fingerprint density at radius 2 is 2.30 bits per heavy atom. The molecular weight excluding hydrogens is 254 g/mol. The van der Waals surface area contributed by atoms with Crippen LogP contribution in [0.2, 0.25) is 0 Å². The third-order valence-corrected chi connectivity index (χ3v) is 3.52. The summed E-state index contributed by atoms with van der Waals surface area (Å²) in [5.41, 5.74) is 1.00. The van der Waals surface area contributed by atoms with Crippen molar-refractivity contribution in [3.63, 3.8) is 0 Å². The first-order valence-corrected chi connectivity index (χ1v) is 7.40. The number of hydrogen-bond donors (Lipinski definition) is 1. The van der Waals surface area contributed by atoms with E-state index < -0.39 is 0 Å². The fourth-order valence-corrected chi connectivity index (χ4v) is 2.33. The first-order chi connectivity index (χ1) is 9.43. The van der Waals surface area contributed by atoms with Gasteiger partial charge in [0.1, 0.15) is 0 Å². The summed E-state index contributed by atoms with van der Waals surface area (Å²) in [5, 5.41) is 3.29. The molecule has 1 aliphatic rings. The Bertz CT molecular complexity index is 333. The number of carbonyl (C=O) groups excluding carboxylic acids is 1. The zero-order valence-electron chi connectivity index (χ0n) is 13.3. The summed E-state index contributed by atoms with van der Waals surface area (Å²) < 4.78 is 5.69. The highest BCUT2D eigenvalue weighted by atomic mass is 16.5. The van der Waals surface area contributed by atoms with Crippen molar-refractivity contribution in [2.24, 2.45) is 0 Å². The minimum absolute atomic E-state index is 0.125. The van der Waals surface area contributed by atoms with Gasteiger partial charge in [-0.3, -0.25) is 4.79 Å². The van der Waals surface area contributed by atoms with Crippen LogP contribution in [0.4, 0.5) is 0 Å². The predicted octanol–water partition coefficient (Wildman–Crippen LogP) is 0.720. The summed E-state index contributed by atoms with van der Waals surface area (Å²) in [4.78, 5) is 16.4. The summed E-state index contributed by atoms with van der Waals surface area (Å²) in [5.74, 6) is 0.125. The van der Waals surface area contributed by atoms with Crippen molar-refractivity contribution in [2.45, 2.75) is 32.9 Å². The van der Waals surface area contributed by atoms with Crippen LogP contribution in [0.5, 0.6) is 0 Å². The third-order valence-electron chi connectivity index (χ3n) is 3.52. The normalized spacial score (nSPS) is 21.5. The molecule has 116 valence electrons. The molecule has 0 unspecified atom stereocenters. The molecule has 0 saturated carbocycles. The van der Waals surface area contributed by atoms with Crippen molar-refractivity contribution in [2.75, 3.05) is 46.4 Å². The van der Waals surface area contributed by atoms with E-state index in [0.717, 1.165) is 25.3 Å². The zero-order chi connectivity index (χ0) is 15.1. The minimum Gasteiger partial charge on any atom is -0.374 e. The Hall–Kier alpha value is -0.910. The van der Waals surface area contributed by atoms with Crippen molar-refractivity contribution in [1.82, 2.24) is 15.1 Å². The fraction of sp³-hybridized carbons (Fsp3) is 0.800. The van der Waals surface area contributed by atoms with E-state index in [1.165, 1.54) is 0 Å². The minimum atomic E-state index is -0.190. The van der Waals surface area contributed by atoms with E-state index in [1.807, 2.05) is 25.7 Å². The maximum atomic E-state index is 12.3. The molecule has 0 aromatic heterocycles. The maximum absolute atomic E-state index is 12.3. The molecule has 5 heteroatoms. The topological polar surface area (TPSA) is 44.8 Å². The van der Waals surface area contributed by atoms with Gasteiger partial charge in [0.15, 0.2) is 0 Å². The summed E-state index contributed by atoms with van der Waals surface area (Å²) in [6.07, 6.45) is 0.167. The highest BCUT2D eigenvalue weighted by molar-refractivity contribution is 5.81. The lowest BCUT2D eigenvalue weighted by atomic mass is 10.2. The molecule has 1 aliphatic heterocycles. The number of amides is 1. The second kappa shape index (κ2) is 8.39. The lowest BCUT2D eigenvalue weighted by Crippen LogP contribution is -2.50. The number of morpholine rings is 1. The van der Waals surface area contributed by atoms with Gasteiger partial charge in [-0.1, -0.05) is 12.2 Å². The van der Waals surface area contributed by atoms with Crippen LogP contribution in [0, 0.1) is 0 Å². The molecule has 20 heavy (non-hydrogen) atoms. The SMILES string of the molecule is C=C(C)CN(CC)C(=O)[C@@H](C)NC[C@@H]1CN(C)CCO1. The molecule has 1 fully saturated rings. The molecule has 2 atom stereocenters. The second-order valence-corrected chi connectivity index (χ2v) is 5.69. The molecule has 5 nitrogen and oxygen atoms in total. The van der Waals surface area contributed by atoms with E-state index >= 15 is 0 Å². The van der Waals surface area contributed by atoms with Crippen molar-refractivity contribution in [3.05, 3.63) is 12.2 Å². The van der Waals surface area contributed by atoms with Crippen LogP contribution in [0.3, 0.4) is 0 Å². The van der Waals surface area contributed by atoms with Crippen LogP contribution in [-0.4, -0.2) is 74.2 Å². The summed E-state index contributed by atoms with van der Waals surface area (Å²) >= 11 is 0. The number of hydrogen-bond acceptors (Lipinski definition) is 4. The summed E-state index contributed by atoms with van der Waals surface area (Å²) in [6, 6.07) is -0.190. The van der Waals surface area contributed by atoms with Crippen molar-refractivity contribution >= 4 is 5.91 Å². The standard InChI is InChI=1S/C15H29N3O2/c1-6-18(10-12(2)3)15(19)13(4)16-9-14-11-17(5)7-8-20-14/h13-14,16H,2,6-11H2,1,3-5H3/t13-,14-/m1/s1. The van der Waals surface area contributed by atoms with Crippen LogP contribution in [0.25, 0.3) is 0 Å². The number of likely N-dealkylation sites (N-methyl/N-ethyl adjacent to an activating group) is 2. The molecule has 1 heterocycles. The molecule has 0 spiro atoms. The molecule has 0 aromatic carbocycles. The average molecular weight is 283 g/mol. The van der Waals surface area contributed by atoms with Crippen LogP contribution >= 0.6 is 0 Å². The van der Waals surface area contributed by atoms with E-state index in [1.54, 1.807) is 0 Å². The molecule has 0 bridgehead atoms. The lowest BCUT2D eigenvalue weighted by Gasteiger charge is -2.31. The molecule has 0 radical (unpaired) electrons. The number of nitrogens with zero attached hydrogens (tertiary/aromatic N) is 2. The average Bonchev–Trinajstić information content (AvgIpc) is 2.41. The van der Waals surface area contributed by atoms with Crippen LogP contribution in [0.15, 0.2) is 12.2 Å². The number of ether oxygens (including phenoxy) is 1. The Kier molecular flexibility index (Phi) is 7.19. The van der Waals surface area contributed by atoms with Gasteiger partial charge in [-0.2, -0.15) is 0 Å². The van der Waals surface area contributed by atoms with Gasteiger partial charge in [0.25, 0.3) is 0 Å². The highest BCUT2D eigenvalue weighted by Gasteiger charge is 2.22. The van der Waals surface area contributed by atoms with Gasteiger partial charge in [0, 0.05) is 32.7 Å². The quantitative estimate of drug-likeness (QED) is 0.699. The largest absolute Gasteiger partial charge is 0.374 e. The van der Waals surface area contributed by atoms with E-state index in [2.05, 4.69) is 23.8 Å². The van der Waals surface area contributed by atoms with Crippen LogP contribution in [-0.2, 0) is 9.53 Å². The van der Waals surface area contributed by atoms with E-state index in [-0.39, 0.29) is 18.1 Å². The number of nitrogens with one attached hydrogen (secondary N) is 1. The number of carbonyl (C=O) groups is 1. The first kappa shape index (κ1) is 17.1. The molecule has 1 N–H and O–H groups in total. The molecule has 1 saturated heterocycles. The monoisotopic (exact) mass is 283 g/mol. The number of rotatable bonds is 7. The highest BCUT2D eigenvalue weighted by Crippen LogP contribution is 2.04. The van der Waals surface area contributed by atoms with E-state index in [0.29, 0.717) is 19.6 Å². The molecular formula is C15H29N3O2. The Morgan fingerprint density at radius 1 is 1.60 bits per heavy atom. The lowest BCUT2D eigenvalue weighted by molar-refractivity contribution is -0.132. The van der Waals surface area contributed by atoms with E-state index in [4.69, 9.17) is 4.74 Å². The Balaban J connectivity index is 2.38. The van der Waals surface area contributed by atoms with Crippen LogP contribution in [0.1, 0.15) is 20.8 Å². The summed E-state index contributed by atoms with van der Waals surface area (Å²) in [6.45, 7) is 14.4. The van der Waals surface area contributed by atoms with Gasteiger partial charge in [-0.25, -0.2) is 0 Å². The Morgan fingerprint density at radius 3 is 2.85 bits per heavy atom. The third kappa shape index (κ3) is 5.61. The maximum Gasteiger partial charge on any atom is 0.239 e. The van der Waals surface area contributed by atoms with Crippen molar-refractivity contribution < 1.29 is 9.53 Å². The second-order valence-electron chi connectivity index (χ2n) is 5.69. The fourth-order valence-electron chi connectivity index (χ4n) is 2.33. The molecule has 0 aliphatic carbocycles. The van der Waals surface area contributed by atoms with Crippen molar-refractivity contribution in [3.8, 4) is 0 Å². The first-order valence-electron chi connectivity index (χ1n) is 7.40. The molecule has 0 aromatic rings. The Labute approximate surface area is 122 Å². The zero-order valence-corrected chi connectivity index (χ0v) is 13.3. The van der Waals surface area contributed by atoms with Gasteiger partial charge < -0.3 is 19.9 Å². The van der Waals surface area contributed by atoms with Gasteiger partial charge in [0.2, 0.25) is 5.91 Å². The van der Waals surface area contributed by atoms with Gasteiger partial charge >= 0.3 is 0 Å².